The SMILES string of the molecule is CC(C)c1ccccc1OCCNC(=O)c1ccc([C@H]2SCC(=O)N2Cc2ccccc2)cc1. The molecule has 5 nitrogen and oxygen atoms in total. The zero-order valence-corrected chi connectivity index (χ0v) is 20.4. The smallest absolute Gasteiger partial charge is 0.251 e. The molecule has 3 aromatic carbocycles. The van der Waals surface area contributed by atoms with Crippen molar-refractivity contribution in [1.29, 1.82) is 0 Å². The summed E-state index contributed by atoms with van der Waals surface area (Å²) in [6, 6.07) is 25.5. The van der Waals surface area contributed by atoms with Crippen molar-refractivity contribution in [3.05, 3.63) is 101 Å². The molecule has 6 heteroatoms. The summed E-state index contributed by atoms with van der Waals surface area (Å²) in [6.45, 7) is 5.68. The Hall–Kier alpha value is -3.25. The van der Waals surface area contributed by atoms with Crippen molar-refractivity contribution in [2.75, 3.05) is 18.9 Å². The van der Waals surface area contributed by atoms with Crippen LogP contribution in [-0.2, 0) is 11.3 Å². The fourth-order valence-electron chi connectivity index (χ4n) is 4.00. The predicted molar refractivity (Wildman–Crippen MR) is 137 cm³/mol. The molecular formula is C28H30N2O3S. The number of carbonyl (C=O) groups excluding carboxylic acids is 2. The first kappa shape index (κ1) is 23.9. The average molecular weight is 475 g/mol. The second-order valence-electron chi connectivity index (χ2n) is 8.59. The van der Waals surface area contributed by atoms with Crippen molar-refractivity contribution in [2.24, 2.45) is 0 Å². The number of benzene rings is 3. The highest BCUT2D eigenvalue weighted by atomic mass is 32.2. The Morgan fingerprint density at radius 3 is 2.47 bits per heavy atom. The molecule has 0 unspecified atom stereocenters. The summed E-state index contributed by atoms with van der Waals surface area (Å²) >= 11 is 1.62. The van der Waals surface area contributed by atoms with E-state index in [1.165, 1.54) is 0 Å². The highest BCUT2D eigenvalue weighted by molar-refractivity contribution is 8.00. The molecular weight excluding hydrogens is 444 g/mol. The third-order valence-electron chi connectivity index (χ3n) is 5.81. The van der Waals surface area contributed by atoms with Gasteiger partial charge in [0.25, 0.3) is 5.91 Å². The van der Waals surface area contributed by atoms with Gasteiger partial charge < -0.3 is 15.0 Å². The second kappa shape index (κ2) is 11.3. The van der Waals surface area contributed by atoms with Crippen LogP contribution in [0.2, 0.25) is 0 Å². The topological polar surface area (TPSA) is 58.6 Å². The summed E-state index contributed by atoms with van der Waals surface area (Å²) in [5.41, 5.74) is 3.89. The fourth-order valence-corrected chi connectivity index (χ4v) is 5.18. The van der Waals surface area contributed by atoms with Gasteiger partial charge in [-0.25, -0.2) is 0 Å². The van der Waals surface area contributed by atoms with Crippen molar-refractivity contribution >= 4 is 23.6 Å². The Bertz CT molecular complexity index is 1120. The molecule has 0 aliphatic carbocycles. The molecule has 1 aliphatic rings. The summed E-state index contributed by atoms with van der Waals surface area (Å²) in [7, 11) is 0. The molecule has 1 fully saturated rings. The van der Waals surface area contributed by atoms with Gasteiger partial charge in [-0.15, -0.1) is 11.8 Å². The maximum absolute atomic E-state index is 12.6. The molecule has 0 aromatic heterocycles. The summed E-state index contributed by atoms with van der Waals surface area (Å²) in [4.78, 5) is 27.0. The van der Waals surface area contributed by atoms with Gasteiger partial charge in [0.15, 0.2) is 0 Å². The minimum Gasteiger partial charge on any atom is -0.491 e. The van der Waals surface area contributed by atoms with Crippen LogP contribution in [0.25, 0.3) is 0 Å². The average Bonchev–Trinajstić information content (AvgIpc) is 3.22. The van der Waals surface area contributed by atoms with Gasteiger partial charge >= 0.3 is 0 Å². The van der Waals surface area contributed by atoms with Crippen LogP contribution in [0, 0.1) is 0 Å². The molecule has 1 atom stereocenters. The molecule has 0 saturated carbocycles. The standard InChI is InChI=1S/C28H30N2O3S/c1-20(2)24-10-6-7-11-25(24)33-17-16-29-27(32)22-12-14-23(15-13-22)28-30(26(31)19-34-28)18-21-8-4-3-5-9-21/h3-15,20,28H,16-19H2,1-2H3,(H,29,32)/t28-/m1/s1. The van der Waals surface area contributed by atoms with Crippen LogP contribution in [0.1, 0.15) is 52.2 Å². The number of nitrogens with zero attached hydrogens (tertiary/aromatic N) is 1. The Kier molecular flexibility index (Phi) is 7.91. The van der Waals surface area contributed by atoms with Crippen LogP contribution in [0.5, 0.6) is 5.75 Å². The van der Waals surface area contributed by atoms with Crippen LogP contribution < -0.4 is 10.1 Å². The number of amides is 2. The molecule has 1 aliphatic heterocycles. The minimum atomic E-state index is -0.136. The van der Waals surface area contributed by atoms with Gasteiger partial charge in [0.2, 0.25) is 5.91 Å². The first-order valence-corrected chi connectivity index (χ1v) is 12.6. The molecule has 1 heterocycles. The monoisotopic (exact) mass is 474 g/mol. The third-order valence-corrected chi connectivity index (χ3v) is 7.06. The van der Waals surface area contributed by atoms with Crippen LogP contribution in [0.15, 0.2) is 78.9 Å². The number of hydrogen-bond donors (Lipinski definition) is 1. The van der Waals surface area contributed by atoms with Crippen molar-refractivity contribution < 1.29 is 14.3 Å². The van der Waals surface area contributed by atoms with Crippen molar-refractivity contribution in [1.82, 2.24) is 10.2 Å². The quantitative estimate of drug-likeness (QED) is 0.422. The molecule has 1 saturated heterocycles. The van der Waals surface area contributed by atoms with Gasteiger partial charge in [-0.05, 0) is 40.8 Å². The van der Waals surface area contributed by atoms with Crippen LogP contribution in [0.3, 0.4) is 0 Å². The maximum atomic E-state index is 12.6. The number of nitrogens with one attached hydrogen (secondary N) is 1. The van der Waals surface area contributed by atoms with E-state index in [2.05, 4.69) is 25.2 Å². The van der Waals surface area contributed by atoms with E-state index < -0.39 is 0 Å². The van der Waals surface area contributed by atoms with Gasteiger partial charge in [0.1, 0.15) is 17.7 Å². The Labute approximate surface area is 205 Å². The number of thioether (sulfide) groups is 1. The molecule has 34 heavy (non-hydrogen) atoms. The van der Waals surface area contributed by atoms with E-state index in [1.54, 1.807) is 11.8 Å². The Morgan fingerprint density at radius 2 is 1.74 bits per heavy atom. The van der Waals surface area contributed by atoms with E-state index in [-0.39, 0.29) is 17.2 Å². The van der Waals surface area contributed by atoms with Gasteiger partial charge in [0, 0.05) is 12.1 Å². The number of carbonyl (C=O) groups is 2. The van der Waals surface area contributed by atoms with Gasteiger partial charge in [-0.2, -0.15) is 0 Å². The minimum absolute atomic E-state index is 0.0424. The van der Waals surface area contributed by atoms with Crippen LogP contribution >= 0.6 is 11.8 Å². The Morgan fingerprint density at radius 1 is 1.03 bits per heavy atom. The molecule has 4 rings (SSSR count). The molecule has 0 spiro atoms. The molecule has 1 N–H and O–H groups in total. The third kappa shape index (κ3) is 5.81. The molecule has 3 aromatic rings. The lowest BCUT2D eigenvalue weighted by Gasteiger charge is -2.24. The Balaban J connectivity index is 1.31. The van der Waals surface area contributed by atoms with E-state index in [0.29, 0.717) is 36.9 Å². The number of para-hydroxylation sites is 1. The van der Waals surface area contributed by atoms with Crippen molar-refractivity contribution in [3.8, 4) is 5.75 Å². The summed E-state index contributed by atoms with van der Waals surface area (Å²) < 4.78 is 5.89. The highest BCUT2D eigenvalue weighted by Crippen LogP contribution is 2.39. The summed E-state index contributed by atoms with van der Waals surface area (Å²) in [5, 5.41) is 2.88. The fraction of sp³-hybridized carbons (Fsp3) is 0.286. The van der Waals surface area contributed by atoms with Crippen molar-refractivity contribution in [3.63, 3.8) is 0 Å². The molecule has 0 radical (unpaired) electrons. The molecule has 176 valence electrons. The second-order valence-corrected chi connectivity index (χ2v) is 9.66. The van der Waals surface area contributed by atoms with E-state index in [9.17, 15) is 9.59 Å². The maximum Gasteiger partial charge on any atom is 0.251 e. The first-order valence-electron chi connectivity index (χ1n) is 11.6. The van der Waals surface area contributed by atoms with E-state index >= 15 is 0 Å². The van der Waals surface area contributed by atoms with E-state index in [1.807, 2.05) is 77.7 Å². The normalized spacial score (nSPS) is 15.6. The van der Waals surface area contributed by atoms with Crippen LogP contribution in [-0.4, -0.2) is 35.6 Å². The largest absolute Gasteiger partial charge is 0.491 e. The highest BCUT2D eigenvalue weighted by Gasteiger charge is 2.32. The summed E-state index contributed by atoms with van der Waals surface area (Å²) in [6.07, 6.45) is 0. The summed E-state index contributed by atoms with van der Waals surface area (Å²) in [5.74, 6) is 1.71. The number of rotatable bonds is 9. The lowest BCUT2D eigenvalue weighted by molar-refractivity contribution is -0.128. The zero-order chi connectivity index (χ0) is 23.9. The lowest BCUT2D eigenvalue weighted by Crippen LogP contribution is -2.29. The lowest BCUT2D eigenvalue weighted by atomic mass is 10.0. The van der Waals surface area contributed by atoms with Gasteiger partial charge in [0.05, 0.1) is 12.3 Å². The number of ether oxygens (including phenoxy) is 1. The first-order chi connectivity index (χ1) is 16.5. The van der Waals surface area contributed by atoms with E-state index in [0.717, 1.165) is 22.4 Å². The number of hydrogen-bond acceptors (Lipinski definition) is 4. The van der Waals surface area contributed by atoms with E-state index in [4.69, 9.17) is 4.74 Å². The van der Waals surface area contributed by atoms with Gasteiger partial charge in [-0.1, -0.05) is 74.5 Å². The van der Waals surface area contributed by atoms with Gasteiger partial charge in [-0.3, -0.25) is 9.59 Å². The molecule has 0 bridgehead atoms. The molecule has 2 amide bonds. The zero-order valence-electron chi connectivity index (χ0n) is 19.6. The van der Waals surface area contributed by atoms with Crippen LogP contribution in [0.4, 0.5) is 0 Å². The predicted octanol–water partition coefficient (Wildman–Crippen LogP) is 5.39. The van der Waals surface area contributed by atoms with Crippen molar-refractivity contribution in [2.45, 2.75) is 31.7 Å².